The van der Waals surface area contributed by atoms with Gasteiger partial charge in [0.2, 0.25) is 0 Å². The van der Waals surface area contributed by atoms with Crippen LogP contribution >= 0.6 is 0 Å². The van der Waals surface area contributed by atoms with E-state index >= 15 is 0 Å². The Kier molecular flexibility index (Phi) is 3.63. The van der Waals surface area contributed by atoms with Crippen molar-refractivity contribution >= 4 is 5.91 Å². The maximum atomic E-state index is 12.1. The largest absolute Gasteiger partial charge is 0.347 e. The van der Waals surface area contributed by atoms with Gasteiger partial charge >= 0.3 is 0 Å². The predicted molar refractivity (Wildman–Crippen MR) is 69.9 cm³/mol. The van der Waals surface area contributed by atoms with E-state index in [2.05, 4.69) is 29.1 Å². The molecule has 0 spiro atoms. The number of aromatic nitrogens is 1. The number of hydrogen-bond donors (Lipinski definition) is 2. The summed E-state index contributed by atoms with van der Waals surface area (Å²) in [6, 6.07) is 1.74. The molecule has 2 rings (SSSR count). The van der Waals surface area contributed by atoms with Gasteiger partial charge in [0.05, 0.1) is 12.1 Å². The number of amides is 1. The Morgan fingerprint density at radius 1 is 1.56 bits per heavy atom. The number of nitrogens with two attached hydrogens (primary N) is 1. The van der Waals surface area contributed by atoms with Gasteiger partial charge in [0.1, 0.15) is 0 Å². The van der Waals surface area contributed by atoms with Gasteiger partial charge < -0.3 is 11.1 Å². The lowest BCUT2D eigenvalue weighted by Crippen LogP contribution is -2.50. The highest BCUT2D eigenvalue weighted by Crippen LogP contribution is 2.31. The molecule has 0 radical (unpaired) electrons. The van der Waals surface area contributed by atoms with E-state index in [0.29, 0.717) is 17.7 Å². The summed E-state index contributed by atoms with van der Waals surface area (Å²) in [5.74, 6) is 5.54. The summed E-state index contributed by atoms with van der Waals surface area (Å²) in [5, 5.41) is 3.04. The highest BCUT2D eigenvalue weighted by Gasteiger charge is 2.33. The Balaban J connectivity index is 2.10. The van der Waals surface area contributed by atoms with E-state index < -0.39 is 0 Å². The Morgan fingerprint density at radius 3 is 2.94 bits per heavy atom. The van der Waals surface area contributed by atoms with Gasteiger partial charge in [0, 0.05) is 23.5 Å². The Morgan fingerprint density at radius 2 is 2.33 bits per heavy atom. The van der Waals surface area contributed by atoms with Crippen molar-refractivity contribution in [2.45, 2.75) is 31.7 Å². The molecule has 1 heterocycles. The fourth-order valence-electron chi connectivity index (χ4n) is 1.96. The van der Waals surface area contributed by atoms with Gasteiger partial charge in [-0.1, -0.05) is 11.8 Å². The average molecular weight is 243 g/mol. The van der Waals surface area contributed by atoms with Crippen LogP contribution < -0.4 is 11.1 Å². The van der Waals surface area contributed by atoms with Crippen molar-refractivity contribution in [1.29, 1.82) is 0 Å². The van der Waals surface area contributed by atoms with Crippen molar-refractivity contribution in [2.75, 3.05) is 6.54 Å². The van der Waals surface area contributed by atoms with Gasteiger partial charge in [-0.25, -0.2) is 0 Å². The van der Waals surface area contributed by atoms with Crippen LogP contribution in [0.4, 0.5) is 0 Å². The zero-order valence-electron chi connectivity index (χ0n) is 10.5. The fraction of sp³-hybridized carbons (Fsp3) is 0.429. The van der Waals surface area contributed by atoms with Crippen LogP contribution in [0.3, 0.4) is 0 Å². The first kappa shape index (κ1) is 12.6. The molecule has 1 fully saturated rings. The molecule has 1 saturated carbocycles. The van der Waals surface area contributed by atoms with Crippen LogP contribution in [0, 0.1) is 11.8 Å². The quantitative estimate of drug-likeness (QED) is 0.763. The maximum Gasteiger partial charge on any atom is 0.253 e. The minimum absolute atomic E-state index is 0.0456. The summed E-state index contributed by atoms with van der Waals surface area (Å²) in [6.07, 6.45) is 6.45. The van der Waals surface area contributed by atoms with E-state index in [-0.39, 0.29) is 11.4 Å². The predicted octanol–water partition coefficient (Wildman–Crippen LogP) is 1.06. The normalized spacial score (nSPS) is 16.1. The average Bonchev–Trinajstić information content (AvgIpc) is 2.34. The zero-order valence-corrected chi connectivity index (χ0v) is 10.5. The third-order valence-electron chi connectivity index (χ3n) is 3.21. The van der Waals surface area contributed by atoms with Crippen LogP contribution in [0.2, 0.25) is 0 Å². The first-order valence-corrected chi connectivity index (χ1v) is 6.09. The van der Waals surface area contributed by atoms with Gasteiger partial charge in [-0.15, -0.1) is 0 Å². The molecule has 0 atom stereocenters. The molecule has 0 bridgehead atoms. The number of hydrogen-bond acceptors (Lipinski definition) is 3. The molecule has 0 aromatic carbocycles. The molecule has 4 heteroatoms. The highest BCUT2D eigenvalue weighted by molar-refractivity contribution is 5.94. The summed E-state index contributed by atoms with van der Waals surface area (Å²) in [6.45, 7) is 2.37. The molecule has 0 saturated heterocycles. The van der Waals surface area contributed by atoms with E-state index in [1.807, 2.05) is 0 Å². The smallest absolute Gasteiger partial charge is 0.253 e. The van der Waals surface area contributed by atoms with Crippen LogP contribution in [0.15, 0.2) is 18.5 Å². The van der Waals surface area contributed by atoms with Crippen LogP contribution in [-0.2, 0) is 0 Å². The number of rotatable bonds is 2. The van der Waals surface area contributed by atoms with Gasteiger partial charge in [0.15, 0.2) is 0 Å². The Hall–Kier alpha value is -1.86. The number of nitrogens with zero attached hydrogens (tertiary/aromatic N) is 1. The van der Waals surface area contributed by atoms with Gasteiger partial charge in [0.25, 0.3) is 5.91 Å². The number of carbonyl (C=O) groups excluding carboxylic acids is 1. The van der Waals surface area contributed by atoms with E-state index in [1.165, 1.54) is 6.42 Å². The molecule has 1 aliphatic carbocycles. The minimum Gasteiger partial charge on any atom is -0.347 e. The van der Waals surface area contributed by atoms with Crippen molar-refractivity contribution in [2.24, 2.45) is 5.73 Å². The molecular weight excluding hydrogens is 226 g/mol. The Labute approximate surface area is 107 Å². The fourth-order valence-corrected chi connectivity index (χ4v) is 1.96. The molecule has 0 aliphatic heterocycles. The standard InChI is InChI=1S/C14H17N3O/c1-14(5-3-6-14)17-13(18)12-8-11(4-2-7-15)9-16-10-12/h8-10H,3,5-7,15H2,1H3,(H,17,18). The second-order valence-electron chi connectivity index (χ2n) is 4.84. The van der Waals surface area contributed by atoms with Crippen LogP contribution in [-0.4, -0.2) is 23.0 Å². The van der Waals surface area contributed by atoms with Crippen LogP contribution in [0.25, 0.3) is 0 Å². The lowest BCUT2D eigenvalue weighted by molar-refractivity contribution is 0.0850. The van der Waals surface area contributed by atoms with Crippen LogP contribution in [0.5, 0.6) is 0 Å². The summed E-state index contributed by atoms with van der Waals surface area (Å²) in [5.41, 5.74) is 6.53. The summed E-state index contributed by atoms with van der Waals surface area (Å²) < 4.78 is 0. The first-order chi connectivity index (χ1) is 8.63. The van der Waals surface area contributed by atoms with Crippen molar-refractivity contribution in [3.05, 3.63) is 29.6 Å². The Bertz CT molecular complexity index is 509. The molecule has 94 valence electrons. The second-order valence-corrected chi connectivity index (χ2v) is 4.84. The second kappa shape index (κ2) is 5.19. The summed E-state index contributed by atoms with van der Waals surface area (Å²) in [7, 11) is 0. The third-order valence-corrected chi connectivity index (χ3v) is 3.21. The lowest BCUT2D eigenvalue weighted by Gasteiger charge is -2.39. The molecule has 18 heavy (non-hydrogen) atoms. The van der Waals surface area contributed by atoms with Crippen molar-refractivity contribution < 1.29 is 4.79 Å². The first-order valence-electron chi connectivity index (χ1n) is 6.09. The molecule has 3 N–H and O–H groups in total. The SMILES string of the molecule is CC1(NC(=O)c2cncc(C#CCN)c2)CCC1. The number of nitrogens with one attached hydrogen (secondary N) is 1. The minimum atomic E-state index is -0.0823. The topological polar surface area (TPSA) is 68.0 Å². The molecule has 1 aliphatic rings. The van der Waals surface area contributed by atoms with Crippen LogP contribution in [0.1, 0.15) is 42.1 Å². The number of pyridine rings is 1. The molecule has 1 amide bonds. The molecule has 4 nitrogen and oxygen atoms in total. The third kappa shape index (κ3) is 2.88. The highest BCUT2D eigenvalue weighted by atomic mass is 16.1. The van der Waals surface area contributed by atoms with E-state index in [9.17, 15) is 4.79 Å². The van der Waals surface area contributed by atoms with Crippen molar-refractivity contribution in [3.63, 3.8) is 0 Å². The summed E-state index contributed by atoms with van der Waals surface area (Å²) in [4.78, 5) is 16.1. The monoisotopic (exact) mass is 243 g/mol. The van der Waals surface area contributed by atoms with Crippen molar-refractivity contribution in [3.8, 4) is 11.8 Å². The van der Waals surface area contributed by atoms with Gasteiger partial charge in [-0.2, -0.15) is 0 Å². The molecule has 1 aromatic rings. The van der Waals surface area contributed by atoms with E-state index in [4.69, 9.17) is 5.73 Å². The van der Waals surface area contributed by atoms with Crippen molar-refractivity contribution in [1.82, 2.24) is 10.3 Å². The maximum absolute atomic E-state index is 12.1. The number of carbonyl (C=O) groups is 1. The van der Waals surface area contributed by atoms with Gasteiger partial charge in [-0.3, -0.25) is 9.78 Å². The van der Waals surface area contributed by atoms with Gasteiger partial charge in [-0.05, 0) is 32.3 Å². The lowest BCUT2D eigenvalue weighted by atomic mass is 9.78. The molecular formula is C14H17N3O. The van der Waals surface area contributed by atoms with E-state index in [1.54, 1.807) is 18.5 Å². The zero-order chi connectivity index (χ0) is 13.0. The molecule has 1 aromatic heterocycles. The summed E-state index contributed by atoms with van der Waals surface area (Å²) >= 11 is 0. The van der Waals surface area contributed by atoms with E-state index in [0.717, 1.165) is 12.8 Å². The molecule has 0 unspecified atom stereocenters.